The second kappa shape index (κ2) is 10.6. The zero-order valence-electron chi connectivity index (χ0n) is 19.5. The number of allylic oxidation sites excluding steroid dienone is 1. The van der Waals surface area contributed by atoms with Crippen molar-refractivity contribution in [1.82, 2.24) is 19.2 Å². The fourth-order valence-corrected chi connectivity index (χ4v) is 4.41. The Balaban J connectivity index is 1.47. The molecule has 0 spiro atoms. The summed E-state index contributed by atoms with van der Waals surface area (Å²) in [5.74, 6) is 0.516. The van der Waals surface area contributed by atoms with Gasteiger partial charge < -0.3 is 10.6 Å². The van der Waals surface area contributed by atoms with E-state index in [1.54, 1.807) is 46.9 Å². The lowest BCUT2D eigenvalue weighted by atomic mass is 10.1. The van der Waals surface area contributed by atoms with E-state index in [0.717, 1.165) is 0 Å². The maximum Gasteiger partial charge on any atom is 0.263 e. The van der Waals surface area contributed by atoms with Crippen LogP contribution in [0.15, 0.2) is 71.1 Å². The predicted molar refractivity (Wildman–Crippen MR) is 139 cm³/mol. The van der Waals surface area contributed by atoms with E-state index in [-0.39, 0.29) is 29.0 Å². The van der Waals surface area contributed by atoms with Crippen molar-refractivity contribution in [2.75, 3.05) is 16.4 Å². The molecule has 0 aliphatic heterocycles. The minimum atomic E-state index is -0.216. The summed E-state index contributed by atoms with van der Waals surface area (Å²) < 4.78 is 3.29. The van der Waals surface area contributed by atoms with E-state index in [0.29, 0.717) is 46.2 Å². The molecule has 180 valence electrons. The molecule has 0 atom stereocenters. The molecule has 0 unspecified atom stereocenters. The highest BCUT2D eigenvalue weighted by Gasteiger charge is 2.17. The number of hydrogen-bond donors (Lipinski definition) is 2. The van der Waals surface area contributed by atoms with Gasteiger partial charge in [-0.25, -0.2) is 0 Å². The summed E-state index contributed by atoms with van der Waals surface area (Å²) in [5, 5.41) is 15.2. The summed E-state index contributed by atoms with van der Waals surface area (Å²) in [7, 11) is 0. The van der Waals surface area contributed by atoms with E-state index in [1.807, 2.05) is 26.0 Å². The first-order chi connectivity index (χ1) is 16.9. The van der Waals surface area contributed by atoms with Crippen molar-refractivity contribution in [3.63, 3.8) is 0 Å². The molecule has 0 fully saturated rings. The summed E-state index contributed by atoms with van der Waals surface area (Å²) in [6, 6.07) is 14.2. The summed E-state index contributed by atoms with van der Waals surface area (Å²) in [6.45, 7) is 8.00. The molecule has 10 heteroatoms. The number of benzene rings is 2. The van der Waals surface area contributed by atoms with Gasteiger partial charge in [0.25, 0.3) is 5.56 Å². The van der Waals surface area contributed by atoms with Crippen LogP contribution < -0.4 is 16.2 Å². The molecule has 2 aromatic carbocycles. The van der Waals surface area contributed by atoms with E-state index >= 15 is 0 Å². The van der Waals surface area contributed by atoms with Crippen LogP contribution >= 0.6 is 11.8 Å². The molecule has 0 aliphatic rings. The standard InChI is InChI=1S/C25H26N6O3S/c1-4-13-30-23(34)19-7-5-6-8-20(19)31-24(30)28-29-25(31)35-15-22(33)27-18-11-9-17(10-12-18)26-21(32)14-16(2)3/h4-12,16H,1,13-15H2,2-3H3,(H,26,32)(H,27,33). The summed E-state index contributed by atoms with van der Waals surface area (Å²) in [5.41, 5.74) is 1.80. The summed E-state index contributed by atoms with van der Waals surface area (Å²) >= 11 is 1.23. The van der Waals surface area contributed by atoms with Crippen molar-refractivity contribution in [2.24, 2.45) is 5.92 Å². The molecular formula is C25H26N6O3S. The maximum atomic E-state index is 12.9. The van der Waals surface area contributed by atoms with Crippen LogP contribution in [-0.2, 0) is 16.1 Å². The fraction of sp³-hybridized carbons (Fsp3) is 0.240. The number of thioether (sulfide) groups is 1. The van der Waals surface area contributed by atoms with Gasteiger partial charge in [-0.1, -0.05) is 43.8 Å². The molecule has 0 aliphatic carbocycles. The van der Waals surface area contributed by atoms with Crippen LogP contribution in [0.2, 0.25) is 0 Å². The van der Waals surface area contributed by atoms with Crippen LogP contribution in [0.3, 0.4) is 0 Å². The van der Waals surface area contributed by atoms with Crippen molar-refractivity contribution in [3.05, 3.63) is 71.5 Å². The Morgan fingerprint density at radius 1 is 1.03 bits per heavy atom. The molecule has 2 N–H and O–H groups in total. The number of nitrogens with one attached hydrogen (secondary N) is 2. The van der Waals surface area contributed by atoms with Crippen LogP contribution in [-0.4, -0.2) is 36.7 Å². The molecule has 2 amide bonds. The zero-order valence-corrected chi connectivity index (χ0v) is 20.3. The van der Waals surface area contributed by atoms with Crippen molar-refractivity contribution < 1.29 is 9.59 Å². The second-order valence-corrected chi connectivity index (χ2v) is 9.34. The van der Waals surface area contributed by atoms with Crippen molar-refractivity contribution in [1.29, 1.82) is 0 Å². The van der Waals surface area contributed by atoms with E-state index in [2.05, 4.69) is 27.4 Å². The topological polar surface area (TPSA) is 110 Å². The lowest BCUT2D eigenvalue weighted by Gasteiger charge is -2.10. The maximum absolute atomic E-state index is 12.9. The van der Waals surface area contributed by atoms with Gasteiger partial charge in [-0.15, -0.1) is 16.8 Å². The summed E-state index contributed by atoms with van der Waals surface area (Å²) in [6.07, 6.45) is 2.08. The Hall–Kier alpha value is -3.92. The van der Waals surface area contributed by atoms with E-state index in [4.69, 9.17) is 0 Å². The van der Waals surface area contributed by atoms with Crippen LogP contribution in [0.5, 0.6) is 0 Å². The minimum Gasteiger partial charge on any atom is -0.326 e. The van der Waals surface area contributed by atoms with Gasteiger partial charge in [0.2, 0.25) is 17.6 Å². The average molecular weight is 491 g/mol. The quantitative estimate of drug-likeness (QED) is 0.272. The fourth-order valence-electron chi connectivity index (χ4n) is 3.67. The molecule has 2 heterocycles. The Morgan fingerprint density at radius 3 is 2.34 bits per heavy atom. The number of anilines is 2. The molecule has 4 aromatic rings. The number of amides is 2. The van der Waals surface area contributed by atoms with Crippen LogP contribution in [0.1, 0.15) is 20.3 Å². The molecule has 0 radical (unpaired) electrons. The monoisotopic (exact) mass is 490 g/mol. The minimum absolute atomic E-state index is 0.0419. The first kappa shape index (κ1) is 24.2. The first-order valence-electron chi connectivity index (χ1n) is 11.2. The lowest BCUT2D eigenvalue weighted by Crippen LogP contribution is -2.22. The number of carbonyl (C=O) groups is 2. The first-order valence-corrected chi connectivity index (χ1v) is 12.2. The normalized spacial score (nSPS) is 11.2. The van der Waals surface area contributed by atoms with Crippen molar-refractivity contribution >= 4 is 51.6 Å². The third kappa shape index (κ3) is 5.43. The van der Waals surface area contributed by atoms with Crippen molar-refractivity contribution in [2.45, 2.75) is 32.0 Å². The third-order valence-electron chi connectivity index (χ3n) is 5.17. The Bertz CT molecular complexity index is 1460. The van der Waals surface area contributed by atoms with Gasteiger partial charge in [-0.3, -0.25) is 23.4 Å². The van der Waals surface area contributed by atoms with Gasteiger partial charge in [-0.2, -0.15) is 0 Å². The highest BCUT2D eigenvalue weighted by Crippen LogP contribution is 2.22. The van der Waals surface area contributed by atoms with Crippen LogP contribution in [0.25, 0.3) is 16.7 Å². The van der Waals surface area contributed by atoms with Gasteiger partial charge in [0.15, 0.2) is 5.16 Å². The number of nitrogens with zero attached hydrogens (tertiary/aromatic N) is 4. The average Bonchev–Trinajstić information content (AvgIpc) is 3.25. The number of rotatable bonds is 9. The number of para-hydroxylation sites is 1. The van der Waals surface area contributed by atoms with E-state index in [1.165, 1.54) is 16.3 Å². The molecule has 0 saturated heterocycles. The second-order valence-electron chi connectivity index (χ2n) is 8.40. The van der Waals surface area contributed by atoms with Crippen molar-refractivity contribution in [3.8, 4) is 0 Å². The molecule has 0 saturated carbocycles. The van der Waals surface area contributed by atoms with Crippen LogP contribution in [0, 0.1) is 5.92 Å². The number of aromatic nitrogens is 4. The molecule has 9 nitrogen and oxygen atoms in total. The molecule has 35 heavy (non-hydrogen) atoms. The van der Waals surface area contributed by atoms with Gasteiger partial charge in [0.05, 0.1) is 16.7 Å². The highest BCUT2D eigenvalue weighted by molar-refractivity contribution is 7.99. The summed E-state index contributed by atoms with van der Waals surface area (Å²) in [4.78, 5) is 37.4. The van der Waals surface area contributed by atoms with Gasteiger partial charge >= 0.3 is 0 Å². The van der Waals surface area contributed by atoms with E-state index < -0.39 is 0 Å². The van der Waals surface area contributed by atoms with Gasteiger partial charge in [-0.05, 0) is 42.3 Å². The Kier molecular flexibility index (Phi) is 7.31. The predicted octanol–water partition coefficient (Wildman–Crippen LogP) is 3.95. The lowest BCUT2D eigenvalue weighted by molar-refractivity contribution is -0.117. The largest absolute Gasteiger partial charge is 0.326 e. The molecular weight excluding hydrogens is 464 g/mol. The highest BCUT2D eigenvalue weighted by atomic mass is 32.2. The smallest absolute Gasteiger partial charge is 0.263 e. The Labute approximate surface area is 206 Å². The molecule has 2 aromatic heterocycles. The third-order valence-corrected chi connectivity index (χ3v) is 6.10. The zero-order chi connectivity index (χ0) is 24.9. The Morgan fingerprint density at radius 2 is 1.69 bits per heavy atom. The van der Waals surface area contributed by atoms with Gasteiger partial charge in [0.1, 0.15) is 0 Å². The molecule has 0 bridgehead atoms. The number of fused-ring (bicyclic) bond motifs is 3. The molecule has 4 rings (SSSR count). The van der Waals surface area contributed by atoms with Crippen LogP contribution in [0.4, 0.5) is 11.4 Å². The number of carbonyl (C=O) groups excluding carboxylic acids is 2. The number of hydrogen-bond acceptors (Lipinski definition) is 6. The van der Waals surface area contributed by atoms with E-state index in [9.17, 15) is 14.4 Å². The SMILES string of the molecule is C=CCn1c(=O)c2ccccc2n2c(SCC(=O)Nc3ccc(NC(=O)CC(C)C)cc3)nnc12. The van der Waals surface area contributed by atoms with Gasteiger partial charge in [0, 0.05) is 24.3 Å².